The second-order valence-electron chi connectivity index (χ2n) is 3.91. The highest BCUT2D eigenvalue weighted by Crippen LogP contribution is 2.20. The molecule has 2 nitrogen and oxygen atoms in total. The number of rotatable bonds is 3. The molecule has 0 bridgehead atoms. The van der Waals surface area contributed by atoms with Gasteiger partial charge in [-0.25, -0.2) is 8.78 Å². The predicted molar refractivity (Wildman–Crippen MR) is 72.3 cm³/mol. The van der Waals surface area contributed by atoms with Crippen LogP contribution in [0.3, 0.4) is 0 Å². The topological polar surface area (TPSA) is 43.1 Å². The zero-order chi connectivity index (χ0) is 14.0. The van der Waals surface area contributed by atoms with Crippen LogP contribution in [0.15, 0.2) is 41.3 Å². The first-order valence-corrected chi connectivity index (χ1v) is 7.04. The molecule has 0 aliphatic heterocycles. The highest BCUT2D eigenvalue weighted by Gasteiger charge is 2.11. The monoisotopic (exact) mass is 301 g/mol. The van der Waals surface area contributed by atoms with Gasteiger partial charge in [-0.1, -0.05) is 17.7 Å². The molecule has 0 aromatic heterocycles. The van der Waals surface area contributed by atoms with E-state index in [9.17, 15) is 13.0 Å². The lowest BCUT2D eigenvalue weighted by atomic mass is 10.2. The van der Waals surface area contributed by atoms with Crippen LogP contribution in [0.4, 0.5) is 14.5 Å². The Kier molecular flexibility index (Phi) is 4.17. The molecule has 0 radical (unpaired) electrons. The second-order valence-corrected chi connectivity index (χ2v) is 5.80. The average molecular weight is 302 g/mol. The third-order valence-corrected chi connectivity index (χ3v) is 4.12. The third-order valence-electron chi connectivity index (χ3n) is 2.54. The van der Waals surface area contributed by atoms with Gasteiger partial charge in [0.25, 0.3) is 0 Å². The van der Waals surface area contributed by atoms with E-state index in [1.54, 1.807) is 0 Å². The van der Waals surface area contributed by atoms with Gasteiger partial charge in [-0.15, -0.1) is 0 Å². The number of nitrogens with two attached hydrogens (primary N) is 1. The Morgan fingerprint density at radius 1 is 1.11 bits per heavy atom. The summed E-state index contributed by atoms with van der Waals surface area (Å²) < 4.78 is 38.8. The van der Waals surface area contributed by atoms with E-state index in [2.05, 4.69) is 0 Å². The van der Waals surface area contributed by atoms with Crippen LogP contribution in [-0.2, 0) is 16.6 Å². The van der Waals surface area contributed by atoms with Crippen molar-refractivity contribution in [1.29, 1.82) is 0 Å². The Morgan fingerprint density at radius 3 is 2.47 bits per heavy atom. The van der Waals surface area contributed by atoms with Crippen molar-refractivity contribution in [2.24, 2.45) is 0 Å². The van der Waals surface area contributed by atoms with Gasteiger partial charge < -0.3 is 5.73 Å². The minimum atomic E-state index is -1.55. The minimum absolute atomic E-state index is 0.0153. The molecule has 2 rings (SSSR count). The number of nitrogen functional groups attached to an aromatic ring is 1. The summed E-state index contributed by atoms with van der Waals surface area (Å²) in [5.74, 6) is -1.22. The minimum Gasteiger partial charge on any atom is -0.396 e. The van der Waals surface area contributed by atoms with Gasteiger partial charge in [0.05, 0.1) is 22.2 Å². The normalized spacial score (nSPS) is 12.4. The lowest BCUT2D eigenvalue weighted by Crippen LogP contribution is -2.00. The fraction of sp³-hybridized carbons (Fsp3) is 0.0769. The maximum Gasteiger partial charge on any atom is 0.147 e. The van der Waals surface area contributed by atoms with Gasteiger partial charge in [-0.2, -0.15) is 0 Å². The summed E-state index contributed by atoms with van der Waals surface area (Å²) in [6.07, 6.45) is 0. The number of hydrogen-bond acceptors (Lipinski definition) is 2. The molecule has 0 saturated carbocycles. The van der Waals surface area contributed by atoms with Crippen LogP contribution in [0.5, 0.6) is 0 Å². The molecule has 0 aliphatic carbocycles. The van der Waals surface area contributed by atoms with E-state index in [1.165, 1.54) is 24.3 Å². The van der Waals surface area contributed by atoms with Crippen LogP contribution in [0.25, 0.3) is 0 Å². The molecule has 0 amide bonds. The number of benzene rings is 2. The first-order valence-electron chi connectivity index (χ1n) is 5.34. The van der Waals surface area contributed by atoms with Crippen LogP contribution in [-0.4, -0.2) is 4.21 Å². The molecule has 0 aliphatic rings. The van der Waals surface area contributed by atoms with Crippen molar-refractivity contribution in [3.8, 4) is 0 Å². The van der Waals surface area contributed by atoms with E-state index in [-0.39, 0.29) is 26.9 Å². The first kappa shape index (κ1) is 14.0. The van der Waals surface area contributed by atoms with E-state index in [0.717, 1.165) is 12.1 Å². The van der Waals surface area contributed by atoms with E-state index in [1.807, 2.05) is 0 Å². The lowest BCUT2D eigenvalue weighted by molar-refractivity contribution is 0.615. The molecule has 19 heavy (non-hydrogen) atoms. The third kappa shape index (κ3) is 3.30. The van der Waals surface area contributed by atoms with Crippen molar-refractivity contribution < 1.29 is 13.0 Å². The number of anilines is 1. The van der Waals surface area contributed by atoms with Crippen molar-refractivity contribution in [2.75, 3.05) is 5.73 Å². The summed E-state index contributed by atoms with van der Waals surface area (Å²) in [6, 6.07) is 8.02. The van der Waals surface area contributed by atoms with Gasteiger partial charge in [0.15, 0.2) is 0 Å². The Bertz CT molecular complexity index is 649. The van der Waals surface area contributed by atoms with Gasteiger partial charge in [0.2, 0.25) is 0 Å². The van der Waals surface area contributed by atoms with Gasteiger partial charge in [0, 0.05) is 15.5 Å². The van der Waals surface area contributed by atoms with Crippen LogP contribution >= 0.6 is 11.6 Å². The van der Waals surface area contributed by atoms with Crippen molar-refractivity contribution >= 4 is 28.1 Å². The van der Waals surface area contributed by atoms with Crippen molar-refractivity contribution in [3.05, 3.63) is 58.6 Å². The summed E-state index contributed by atoms with van der Waals surface area (Å²) in [6.45, 7) is 0. The Balaban J connectivity index is 2.23. The maximum absolute atomic E-state index is 13.6. The lowest BCUT2D eigenvalue weighted by Gasteiger charge is -2.05. The fourth-order valence-electron chi connectivity index (χ4n) is 1.51. The zero-order valence-electron chi connectivity index (χ0n) is 9.70. The summed E-state index contributed by atoms with van der Waals surface area (Å²) in [5.41, 5.74) is 5.58. The largest absolute Gasteiger partial charge is 0.396 e. The van der Waals surface area contributed by atoms with Crippen LogP contribution in [0, 0.1) is 11.6 Å². The smallest absolute Gasteiger partial charge is 0.147 e. The molecule has 0 spiro atoms. The van der Waals surface area contributed by atoms with Crippen LogP contribution in [0.1, 0.15) is 5.56 Å². The molecular weight excluding hydrogens is 292 g/mol. The summed E-state index contributed by atoms with van der Waals surface area (Å²) in [4.78, 5) is 0.265. The summed E-state index contributed by atoms with van der Waals surface area (Å²) >= 11 is 5.63. The maximum atomic E-state index is 13.6. The quantitative estimate of drug-likeness (QED) is 0.882. The Morgan fingerprint density at radius 2 is 1.84 bits per heavy atom. The van der Waals surface area contributed by atoms with Gasteiger partial charge >= 0.3 is 0 Å². The Hall–Kier alpha value is -1.46. The second kappa shape index (κ2) is 5.67. The van der Waals surface area contributed by atoms with Crippen molar-refractivity contribution in [1.82, 2.24) is 0 Å². The molecular formula is C13H10ClF2NOS. The summed E-state index contributed by atoms with van der Waals surface area (Å²) in [5, 5.41) is 0.269. The predicted octanol–water partition coefficient (Wildman–Crippen LogP) is 3.51. The van der Waals surface area contributed by atoms with Gasteiger partial charge in [0.1, 0.15) is 11.6 Å². The molecule has 6 heteroatoms. The van der Waals surface area contributed by atoms with Crippen LogP contribution in [0.2, 0.25) is 5.02 Å². The first-order chi connectivity index (χ1) is 8.97. The molecule has 2 aromatic rings. The van der Waals surface area contributed by atoms with E-state index in [0.29, 0.717) is 0 Å². The van der Waals surface area contributed by atoms with E-state index >= 15 is 0 Å². The van der Waals surface area contributed by atoms with Crippen LogP contribution < -0.4 is 5.73 Å². The number of hydrogen-bond donors (Lipinski definition) is 1. The Labute approximate surface area is 116 Å². The van der Waals surface area contributed by atoms with Gasteiger partial charge in [-0.05, 0) is 30.3 Å². The van der Waals surface area contributed by atoms with Crippen molar-refractivity contribution in [3.63, 3.8) is 0 Å². The molecule has 0 fully saturated rings. The average Bonchev–Trinajstić information content (AvgIpc) is 2.36. The van der Waals surface area contributed by atoms with E-state index < -0.39 is 22.4 Å². The highest BCUT2D eigenvalue weighted by molar-refractivity contribution is 7.84. The fourth-order valence-corrected chi connectivity index (χ4v) is 2.81. The molecule has 100 valence electrons. The van der Waals surface area contributed by atoms with Crippen molar-refractivity contribution in [2.45, 2.75) is 10.6 Å². The zero-order valence-corrected chi connectivity index (χ0v) is 11.3. The highest BCUT2D eigenvalue weighted by atomic mass is 35.5. The molecule has 1 atom stereocenters. The van der Waals surface area contributed by atoms with Gasteiger partial charge in [-0.3, -0.25) is 4.21 Å². The number of halogens is 3. The molecule has 0 saturated heterocycles. The molecule has 0 heterocycles. The molecule has 1 unspecified atom stereocenters. The SMILES string of the molecule is Nc1ccc(S(=O)Cc2ccc(Cl)cc2F)cc1F. The standard InChI is InChI=1S/C13H10ClF2NOS/c14-9-2-1-8(11(15)5-9)7-19(18)10-3-4-13(17)12(16)6-10/h1-6H,7,17H2. The van der Waals surface area contributed by atoms with E-state index in [4.69, 9.17) is 17.3 Å². The molecule has 2 aromatic carbocycles. The summed E-state index contributed by atoms with van der Waals surface area (Å²) in [7, 11) is -1.55. The molecule has 2 N–H and O–H groups in total.